The van der Waals surface area contributed by atoms with Crippen molar-refractivity contribution in [1.29, 1.82) is 0 Å². The third-order valence-corrected chi connectivity index (χ3v) is 5.46. The summed E-state index contributed by atoms with van der Waals surface area (Å²) in [5.41, 5.74) is 1.79. The smallest absolute Gasteiger partial charge is 0.329 e. The molecular formula is C26H21ClFN3O5. The lowest BCUT2D eigenvalue weighted by Gasteiger charge is -2.13. The maximum absolute atomic E-state index is 13.0. The summed E-state index contributed by atoms with van der Waals surface area (Å²) < 4.78 is 23.9. The topological polar surface area (TPSA) is 97.0 Å². The quantitative estimate of drug-likeness (QED) is 0.342. The van der Waals surface area contributed by atoms with E-state index in [9.17, 15) is 18.8 Å². The fourth-order valence-electron chi connectivity index (χ4n) is 3.48. The van der Waals surface area contributed by atoms with Crippen LogP contribution in [0.25, 0.3) is 6.08 Å². The van der Waals surface area contributed by atoms with Crippen molar-refractivity contribution in [3.8, 4) is 11.5 Å². The first kappa shape index (κ1) is 24.7. The number of hydrogen-bond acceptors (Lipinski definition) is 5. The predicted octanol–water partition coefficient (Wildman–Crippen LogP) is 4.60. The molecule has 1 heterocycles. The highest BCUT2D eigenvalue weighted by Crippen LogP contribution is 2.37. The first-order chi connectivity index (χ1) is 17.3. The first-order valence-electron chi connectivity index (χ1n) is 10.8. The molecular weight excluding hydrogens is 489 g/mol. The van der Waals surface area contributed by atoms with E-state index in [1.165, 1.54) is 43.5 Å². The van der Waals surface area contributed by atoms with Crippen LogP contribution >= 0.6 is 11.6 Å². The van der Waals surface area contributed by atoms with Gasteiger partial charge in [-0.05, 0) is 53.6 Å². The van der Waals surface area contributed by atoms with Gasteiger partial charge in [-0.2, -0.15) is 0 Å². The Kier molecular flexibility index (Phi) is 7.50. The number of amides is 4. The summed E-state index contributed by atoms with van der Waals surface area (Å²) in [6.07, 6.45) is 1.48. The summed E-state index contributed by atoms with van der Waals surface area (Å²) in [4.78, 5) is 38.5. The fraction of sp³-hybridized carbons (Fsp3) is 0.115. The van der Waals surface area contributed by atoms with Crippen molar-refractivity contribution in [2.24, 2.45) is 0 Å². The molecule has 184 valence electrons. The van der Waals surface area contributed by atoms with Gasteiger partial charge in [0.05, 0.1) is 18.7 Å². The van der Waals surface area contributed by atoms with Crippen LogP contribution in [-0.2, 0) is 16.1 Å². The molecule has 0 atom stereocenters. The SMILES string of the molecule is COc1cc(/C=C2/NC(=O)N(Cc3ccccc3)C2=O)cc(Cl)c1OCC(=O)Nc1ccc(F)cc1. The molecule has 3 aromatic carbocycles. The van der Waals surface area contributed by atoms with Crippen LogP contribution in [0.1, 0.15) is 11.1 Å². The largest absolute Gasteiger partial charge is 0.493 e. The Bertz CT molecular complexity index is 1330. The summed E-state index contributed by atoms with van der Waals surface area (Å²) in [5, 5.41) is 5.28. The van der Waals surface area contributed by atoms with Crippen LogP contribution in [0.2, 0.25) is 5.02 Å². The number of urea groups is 1. The van der Waals surface area contributed by atoms with Crippen LogP contribution in [-0.4, -0.2) is 36.5 Å². The van der Waals surface area contributed by atoms with Crippen LogP contribution in [0, 0.1) is 5.82 Å². The number of halogens is 2. The van der Waals surface area contributed by atoms with Crippen molar-refractivity contribution in [3.05, 3.63) is 94.4 Å². The van der Waals surface area contributed by atoms with Crippen LogP contribution in [0.3, 0.4) is 0 Å². The number of carbonyl (C=O) groups is 3. The van der Waals surface area contributed by atoms with E-state index in [1.807, 2.05) is 30.3 Å². The van der Waals surface area contributed by atoms with Gasteiger partial charge in [-0.3, -0.25) is 14.5 Å². The molecule has 0 bridgehead atoms. The van der Waals surface area contributed by atoms with E-state index in [0.29, 0.717) is 11.3 Å². The van der Waals surface area contributed by atoms with Crippen molar-refractivity contribution in [2.45, 2.75) is 6.54 Å². The predicted molar refractivity (Wildman–Crippen MR) is 132 cm³/mol. The van der Waals surface area contributed by atoms with E-state index in [-0.39, 0.29) is 35.4 Å². The van der Waals surface area contributed by atoms with Crippen molar-refractivity contribution in [2.75, 3.05) is 19.0 Å². The molecule has 0 aliphatic carbocycles. The fourth-order valence-corrected chi connectivity index (χ4v) is 3.75. The second-order valence-corrected chi connectivity index (χ2v) is 8.15. The molecule has 1 saturated heterocycles. The minimum absolute atomic E-state index is 0.0846. The van der Waals surface area contributed by atoms with Gasteiger partial charge in [-0.1, -0.05) is 41.9 Å². The van der Waals surface area contributed by atoms with Crippen LogP contribution < -0.4 is 20.1 Å². The van der Waals surface area contributed by atoms with Gasteiger partial charge in [0.15, 0.2) is 18.1 Å². The third-order valence-electron chi connectivity index (χ3n) is 5.18. The Labute approximate surface area is 211 Å². The molecule has 3 aromatic rings. The monoisotopic (exact) mass is 509 g/mol. The number of benzene rings is 3. The molecule has 1 aliphatic heterocycles. The van der Waals surface area contributed by atoms with E-state index in [0.717, 1.165) is 10.5 Å². The molecule has 4 amide bonds. The van der Waals surface area contributed by atoms with Crippen LogP contribution in [0.15, 0.2) is 72.4 Å². The van der Waals surface area contributed by atoms with Crippen molar-refractivity contribution < 1.29 is 28.2 Å². The molecule has 10 heteroatoms. The number of rotatable bonds is 8. The lowest BCUT2D eigenvalue weighted by atomic mass is 10.1. The minimum atomic E-state index is -0.528. The number of hydrogen-bond donors (Lipinski definition) is 2. The van der Waals surface area contributed by atoms with E-state index in [1.54, 1.807) is 6.07 Å². The Morgan fingerprint density at radius 2 is 1.83 bits per heavy atom. The summed E-state index contributed by atoms with van der Waals surface area (Å²) in [6, 6.07) is 17.0. The van der Waals surface area contributed by atoms with E-state index >= 15 is 0 Å². The first-order valence-corrected chi connectivity index (χ1v) is 11.2. The Balaban J connectivity index is 1.46. The lowest BCUT2D eigenvalue weighted by Crippen LogP contribution is -2.30. The Morgan fingerprint density at radius 3 is 2.53 bits per heavy atom. The molecule has 1 fully saturated rings. The zero-order valence-corrected chi connectivity index (χ0v) is 19.8. The number of anilines is 1. The number of nitrogens with zero attached hydrogens (tertiary/aromatic N) is 1. The van der Waals surface area contributed by atoms with E-state index < -0.39 is 23.7 Å². The maximum Gasteiger partial charge on any atom is 0.329 e. The van der Waals surface area contributed by atoms with Gasteiger partial charge in [-0.15, -0.1) is 0 Å². The summed E-state index contributed by atoms with van der Waals surface area (Å²) >= 11 is 6.37. The van der Waals surface area contributed by atoms with Gasteiger partial charge < -0.3 is 20.1 Å². The Hall–Kier alpha value is -4.37. The molecule has 0 unspecified atom stereocenters. The summed E-state index contributed by atoms with van der Waals surface area (Å²) in [6.45, 7) is -0.240. The molecule has 0 saturated carbocycles. The van der Waals surface area contributed by atoms with Crippen molar-refractivity contribution in [3.63, 3.8) is 0 Å². The van der Waals surface area contributed by atoms with Gasteiger partial charge in [0.2, 0.25) is 0 Å². The number of ether oxygens (including phenoxy) is 2. The van der Waals surface area contributed by atoms with Gasteiger partial charge in [0.25, 0.3) is 11.8 Å². The molecule has 0 aromatic heterocycles. The van der Waals surface area contributed by atoms with Gasteiger partial charge in [0.1, 0.15) is 11.5 Å². The van der Waals surface area contributed by atoms with Crippen molar-refractivity contribution in [1.82, 2.24) is 10.2 Å². The Morgan fingerprint density at radius 1 is 1.11 bits per heavy atom. The molecule has 8 nitrogen and oxygen atoms in total. The van der Waals surface area contributed by atoms with Gasteiger partial charge in [-0.25, -0.2) is 9.18 Å². The summed E-state index contributed by atoms with van der Waals surface area (Å²) in [5.74, 6) is -1.02. The molecule has 1 aliphatic rings. The third kappa shape index (κ3) is 5.81. The average molecular weight is 510 g/mol. The van der Waals surface area contributed by atoms with Crippen molar-refractivity contribution >= 4 is 41.2 Å². The van der Waals surface area contributed by atoms with Crippen LogP contribution in [0.5, 0.6) is 11.5 Å². The average Bonchev–Trinajstić information content (AvgIpc) is 3.12. The molecule has 0 radical (unpaired) electrons. The number of carbonyl (C=O) groups excluding carboxylic acids is 3. The highest BCUT2D eigenvalue weighted by atomic mass is 35.5. The van der Waals surface area contributed by atoms with Crippen LogP contribution in [0.4, 0.5) is 14.9 Å². The summed E-state index contributed by atoms with van der Waals surface area (Å²) in [7, 11) is 1.40. The lowest BCUT2D eigenvalue weighted by molar-refractivity contribution is -0.123. The van der Waals surface area contributed by atoms with Gasteiger partial charge >= 0.3 is 6.03 Å². The molecule has 4 rings (SSSR count). The minimum Gasteiger partial charge on any atom is -0.493 e. The standard InChI is InChI=1S/C26H21ClFN3O5/c1-35-22-13-17(12-21-25(33)31(26(34)30-21)14-16-5-3-2-4-6-16)11-20(27)24(22)36-15-23(32)29-19-9-7-18(28)8-10-19/h2-13H,14-15H2,1H3,(H,29,32)(H,30,34)/b21-12+. The second kappa shape index (κ2) is 10.9. The number of methoxy groups -OCH3 is 1. The molecule has 2 N–H and O–H groups in total. The normalized spacial score (nSPS) is 14.1. The second-order valence-electron chi connectivity index (χ2n) is 7.74. The van der Waals surface area contributed by atoms with E-state index in [2.05, 4.69) is 10.6 Å². The number of nitrogens with one attached hydrogen (secondary N) is 2. The zero-order valence-electron chi connectivity index (χ0n) is 19.1. The molecule has 36 heavy (non-hydrogen) atoms. The van der Waals surface area contributed by atoms with Gasteiger partial charge in [0, 0.05) is 5.69 Å². The molecule has 0 spiro atoms. The van der Waals surface area contributed by atoms with E-state index in [4.69, 9.17) is 21.1 Å². The highest BCUT2D eigenvalue weighted by molar-refractivity contribution is 6.32. The zero-order chi connectivity index (χ0) is 25.7. The highest BCUT2D eigenvalue weighted by Gasteiger charge is 2.33. The maximum atomic E-state index is 13.0. The number of imide groups is 1.